The Hall–Kier alpha value is -0.760. The van der Waals surface area contributed by atoms with Crippen molar-refractivity contribution in [3.05, 3.63) is 0 Å². The van der Waals surface area contributed by atoms with Crippen LogP contribution in [0.5, 0.6) is 0 Å². The van der Waals surface area contributed by atoms with Gasteiger partial charge in [-0.15, -0.1) is 0 Å². The lowest BCUT2D eigenvalue weighted by atomic mass is 10.0. The molecular formula is C20H44N4O6P2. The van der Waals surface area contributed by atoms with Gasteiger partial charge in [0, 0.05) is 13.1 Å². The van der Waals surface area contributed by atoms with Crippen molar-refractivity contribution in [1.82, 2.24) is 10.9 Å². The Kier molecular flexibility index (Phi) is 18.2. The van der Waals surface area contributed by atoms with Gasteiger partial charge in [0.25, 0.3) is 0 Å². The molecule has 0 aromatic rings. The van der Waals surface area contributed by atoms with E-state index < -0.39 is 15.2 Å². The number of hydrogen-bond donors (Lipinski definition) is 6. The highest BCUT2D eigenvalue weighted by Crippen LogP contribution is 2.33. The van der Waals surface area contributed by atoms with E-state index >= 15 is 0 Å². The summed E-state index contributed by atoms with van der Waals surface area (Å²) in [7, 11) is -8.20. The summed E-state index contributed by atoms with van der Waals surface area (Å²) in [5.74, 6) is 0. The van der Waals surface area contributed by atoms with Gasteiger partial charge < -0.3 is 30.4 Å². The first kappa shape index (κ1) is 31.2. The second-order valence-electron chi connectivity index (χ2n) is 8.04. The van der Waals surface area contributed by atoms with Crippen molar-refractivity contribution in [2.45, 2.75) is 90.9 Å². The molecule has 0 unspecified atom stereocenters. The van der Waals surface area contributed by atoms with Crippen LogP contribution in [0.4, 0.5) is 0 Å². The van der Waals surface area contributed by atoms with Gasteiger partial charge in [-0.3, -0.25) is 9.13 Å². The summed E-state index contributed by atoms with van der Waals surface area (Å²) in [6, 6.07) is 0. The maximum Gasteiger partial charge on any atom is 0.327 e. The topological polar surface area (TPSA) is 164 Å². The Bertz CT molecular complexity index is 580. The van der Waals surface area contributed by atoms with Gasteiger partial charge in [0.2, 0.25) is 0 Å². The van der Waals surface area contributed by atoms with Crippen LogP contribution in [0.15, 0.2) is 10.2 Å². The van der Waals surface area contributed by atoms with Crippen LogP contribution in [-0.4, -0.2) is 56.4 Å². The lowest BCUT2D eigenvalue weighted by Crippen LogP contribution is -2.24. The molecule has 0 aromatic heterocycles. The summed E-state index contributed by atoms with van der Waals surface area (Å²) in [4.78, 5) is 36.1. The zero-order valence-corrected chi connectivity index (χ0v) is 21.5. The smallest absolute Gasteiger partial charge is 0.324 e. The van der Waals surface area contributed by atoms with Crippen LogP contribution in [0, 0.1) is 0 Å². The van der Waals surface area contributed by atoms with Gasteiger partial charge in [-0.2, -0.15) is 10.2 Å². The highest BCUT2D eigenvalue weighted by Gasteiger charge is 2.14. The van der Waals surface area contributed by atoms with E-state index in [0.717, 1.165) is 62.8 Å². The molecule has 6 N–H and O–H groups in total. The van der Waals surface area contributed by atoms with E-state index in [-0.39, 0.29) is 25.4 Å². The van der Waals surface area contributed by atoms with Crippen LogP contribution in [0.25, 0.3) is 0 Å². The predicted octanol–water partition coefficient (Wildman–Crippen LogP) is 3.95. The zero-order valence-electron chi connectivity index (χ0n) is 19.7. The summed E-state index contributed by atoms with van der Waals surface area (Å²) in [5.41, 5.74) is 6.98. The van der Waals surface area contributed by atoms with Gasteiger partial charge in [0.1, 0.15) is 0 Å². The van der Waals surface area contributed by atoms with E-state index in [2.05, 4.69) is 34.9 Å². The molecule has 0 heterocycles. The third-order valence-electron chi connectivity index (χ3n) is 4.83. The van der Waals surface area contributed by atoms with E-state index in [4.69, 9.17) is 19.6 Å². The van der Waals surface area contributed by atoms with Crippen LogP contribution in [-0.2, 0) is 9.13 Å². The lowest BCUT2D eigenvalue weighted by Gasteiger charge is -2.13. The minimum atomic E-state index is -4.10. The molecule has 0 saturated heterocycles. The molecule has 0 fully saturated rings. The quantitative estimate of drug-likeness (QED) is 0.0599. The van der Waals surface area contributed by atoms with Gasteiger partial charge >= 0.3 is 15.2 Å². The fourth-order valence-corrected chi connectivity index (χ4v) is 3.80. The summed E-state index contributed by atoms with van der Waals surface area (Å²) >= 11 is 0. The normalized spacial score (nSPS) is 13.4. The third-order valence-corrected chi connectivity index (χ3v) is 6.44. The van der Waals surface area contributed by atoms with Gasteiger partial charge in [-0.25, -0.2) is 0 Å². The molecule has 0 bridgehead atoms. The van der Waals surface area contributed by atoms with Crippen molar-refractivity contribution in [3.63, 3.8) is 0 Å². The molecule has 0 rings (SSSR count). The van der Waals surface area contributed by atoms with Crippen LogP contribution < -0.4 is 10.9 Å². The highest BCUT2D eigenvalue weighted by molar-refractivity contribution is 7.52. The second kappa shape index (κ2) is 18.6. The number of nitrogens with one attached hydrogen (secondary N) is 2. The fourth-order valence-electron chi connectivity index (χ4n) is 3.02. The van der Waals surface area contributed by atoms with Crippen molar-refractivity contribution < 1.29 is 28.7 Å². The molecule has 12 heteroatoms. The number of hydrazone groups is 2. The van der Waals surface area contributed by atoms with Gasteiger partial charge in [-0.1, -0.05) is 65.2 Å². The number of unbranched alkanes of at least 4 members (excludes halogenated alkanes) is 8. The maximum absolute atomic E-state index is 11.1. The molecule has 0 aromatic carbocycles. The molecule has 0 spiro atoms. The van der Waals surface area contributed by atoms with E-state index in [9.17, 15) is 9.13 Å². The van der Waals surface area contributed by atoms with Crippen molar-refractivity contribution >= 4 is 26.6 Å². The predicted molar refractivity (Wildman–Crippen MR) is 131 cm³/mol. The first-order valence-corrected chi connectivity index (χ1v) is 15.4. The standard InChI is InChI=1S/C20H44N4O6P2/c1-3-5-7-9-11-13-19(23-21-15-17-31(25,26)27)20(14-12-10-8-6-4-2)24-22-16-18-32(28,29)30/h21-22H,3-18H2,1-2H3,(H2,25,26,27)(H2,28,29,30)/b23-19+,24-20+. The van der Waals surface area contributed by atoms with Gasteiger partial charge in [0.05, 0.1) is 23.7 Å². The Morgan fingerprint density at radius 2 is 0.969 bits per heavy atom. The molecular weight excluding hydrogens is 454 g/mol. The summed E-state index contributed by atoms with van der Waals surface area (Å²) in [6.45, 7) is 4.42. The molecule has 0 aliphatic heterocycles. The molecule has 0 amide bonds. The average molecular weight is 499 g/mol. The van der Waals surface area contributed by atoms with Crippen LogP contribution in [0.3, 0.4) is 0 Å². The SMILES string of the molecule is CCCCCCCC(=N\NCCP(=O)(O)O)/C(CCCCCCC)=N/NCCP(=O)(O)O. The van der Waals surface area contributed by atoms with Crippen LogP contribution >= 0.6 is 15.2 Å². The first-order chi connectivity index (χ1) is 15.1. The highest BCUT2D eigenvalue weighted by atomic mass is 31.2. The van der Waals surface area contributed by atoms with E-state index in [1.807, 2.05) is 0 Å². The Morgan fingerprint density at radius 3 is 1.28 bits per heavy atom. The molecule has 0 aliphatic carbocycles. The van der Waals surface area contributed by atoms with E-state index in [1.165, 1.54) is 12.8 Å². The summed E-state index contributed by atoms with van der Waals surface area (Å²) in [6.07, 6.45) is 11.7. The number of nitrogens with zero attached hydrogens (tertiary/aromatic N) is 2. The molecule has 32 heavy (non-hydrogen) atoms. The molecule has 190 valence electrons. The summed E-state index contributed by atoms with van der Waals surface area (Å²) in [5, 5.41) is 8.77. The van der Waals surface area contributed by atoms with Crippen molar-refractivity contribution in [2.24, 2.45) is 10.2 Å². The Labute approximate surface area is 193 Å². The average Bonchev–Trinajstić information content (AvgIpc) is 2.69. The number of hydrogen-bond acceptors (Lipinski definition) is 6. The van der Waals surface area contributed by atoms with E-state index in [0.29, 0.717) is 12.8 Å². The van der Waals surface area contributed by atoms with Gasteiger partial charge in [0.15, 0.2) is 0 Å². The van der Waals surface area contributed by atoms with Crippen molar-refractivity contribution in [2.75, 3.05) is 25.4 Å². The second-order valence-corrected chi connectivity index (χ2v) is 11.6. The molecule has 0 saturated carbocycles. The Balaban J connectivity index is 5.18. The molecule has 0 radical (unpaired) electrons. The van der Waals surface area contributed by atoms with Crippen molar-refractivity contribution in [3.8, 4) is 0 Å². The van der Waals surface area contributed by atoms with E-state index in [1.54, 1.807) is 0 Å². The molecule has 0 aliphatic rings. The zero-order chi connectivity index (χ0) is 24.3. The van der Waals surface area contributed by atoms with Crippen LogP contribution in [0.2, 0.25) is 0 Å². The van der Waals surface area contributed by atoms with Crippen LogP contribution in [0.1, 0.15) is 90.9 Å². The van der Waals surface area contributed by atoms with Gasteiger partial charge in [-0.05, 0) is 25.7 Å². The summed E-state index contributed by atoms with van der Waals surface area (Å²) < 4.78 is 22.1. The lowest BCUT2D eigenvalue weighted by molar-refractivity contribution is 0.370. The monoisotopic (exact) mass is 498 g/mol. The Morgan fingerprint density at radius 1 is 0.625 bits per heavy atom. The van der Waals surface area contributed by atoms with Crippen molar-refractivity contribution in [1.29, 1.82) is 0 Å². The first-order valence-electron chi connectivity index (χ1n) is 11.8. The number of rotatable bonds is 21. The third kappa shape index (κ3) is 21.1. The fraction of sp³-hybridized carbons (Fsp3) is 0.900. The molecule has 0 atom stereocenters. The maximum atomic E-state index is 11.1. The largest absolute Gasteiger partial charge is 0.327 e. The molecule has 10 nitrogen and oxygen atoms in total. The minimum Gasteiger partial charge on any atom is -0.324 e. The minimum absolute atomic E-state index is 0.0546.